The Kier molecular flexibility index (Phi) is 9.65. The van der Waals surface area contributed by atoms with Crippen LogP contribution in [0.25, 0.3) is 0 Å². The van der Waals surface area contributed by atoms with E-state index in [2.05, 4.69) is 60.7 Å². The van der Waals surface area contributed by atoms with Crippen molar-refractivity contribution in [3.05, 3.63) is 35.4 Å². The molecule has 3 nitrogen and oxygen atoms in total. The zero-order valence-electron chi connectivity index (χ0n) is 12.4. The van der Waals surface area contributed by atoms with Crippen molar-refractivity contribution < 1.29 is 0 Å². The molecule has 0 bridgehead atoms. The van der Waals surface area contributed by atoms with Crippen LogP contribution in [0.4, 0.5) is 0 Å². The highest BCUT2D eigenvalue weighted by atomic mass is 127. The second kappa shape index (κ2) is 10.1. The summed E-state index contributed by atoms with van der Waals surface area (Å²) in [4.78, 5) is 4.22. The van der Waals surface area contributed by atoms with E-state index in [1.807, 2.05) is 0 Å². The van der Waals surface area contributed by atoms with Crippen molar-refractivity contribution in [1.29, 1.82) is 0 Å². The van der Waals surface area contributed by atoms with E-state index in [1.165, 1.54) is 11.1 Å². The molecule has 0 aromatic heterocycles. The second-order valence-corrected chi connectivity index (χ2v) is 4.82. The summed E-state index contributed by atoms with van der Waals surface area (Å²) in [6, 6.07) is 8.53. The van der Waals surface area contributed by atoms with Crippen LogP contribution in [0.3, 0.4) is 0 Å². The summed E-state index contributed by atoms with van der Waals surface area (Å²) >= 11 is 0. The van der Waals surface area contributed by atoms with Crippen LogP contribution in [0.5, 0.6) is 0 Å². The number of nitrogens with one attached hydrogen (secondary N) is 2. The van der Waals surface area contributed by atoms with Gasteiger partial charge in [0.25, 0.3) is 0 Å². The van der Waals surface area contributed by atoms with Gasteiger partial charge >= 0.3 is 0 Å². The third-order valence-corrected chi connectivity index (χ3v) is 2.85. The van der Waals surface area contributed by atoms with Crippen LogP contribution in [-0.2, 0) is 13.0 Å². The lowest BCUT2D eigenvalue weighted by Crippen LogP contribution is -2.38. The van der Waals surface area contributed by atoms with Crippen molar-refractivity contribution in [2.24, 2.45) is 10.9 Å². The number of hydrogen-bond donors (Lipinski definition) is 2. The zero-order chi connectivity index (χ0) is 13.4. The number of rotatable bonds is 5. The molecule has 0 heterocycles. The van der Waals surface area contributed by atoms with Crippen LogP contribution in [0.2, 0.25) is 0 Å². The lowest BCUT2D eigenvalue weighted by Gasteiger charge is -2.14. The van der Waals surface area contributed by atoms with Gasteiger partial charge in [-0.25, -0.2) is 0 Å². The van der Waals surface area contributed by atoms with E-state index in [1.54, 1.807) is 7.05 Å². The molecular weight excluding hydrogens is 349 g/mol. The third kappa shape index (κ3) is 6.80. The standard InChI is InChI=1S/C15H25N3.HI/c1-5-13-8-6-7-9-14(13)11-18-15(16-4)17-10-12(2)3;/h6-9,12H,5,10-11H2,1-4H3,(H2,16,17,18);1H. The van der Waals surface area contributed by atoms with Gasteiger partial charge in [0.2, 0.25) is 0 Å². The second-order valence-electron chi connectivity index (χ2n) is 4.82. The number of aliphatic imine (C=N–C) groups is 1. The molecule has 0 aliphatic carbocycles. The van der Waals surface area contributed by atoms with E-state index in [0.717, 1.165) is 25.5 Å². The number of halogens is 1. The Morgan fingerprint density at radius 3 is 2.32 bits per heavy atom. The van der Waals surface area contributed by atoms with E-state index in [9.17, 15) is 0 Å². The molecule has 0 atom stereocenters. The van der Waals surface area contributed by atoms with Gasteiger partial charge in [0, 0.05) is 20.1 Å². The molecule has 1 aromatic carbocycles. The fourth-order valence-electron chi connectivity index (χ4n) is 1.78. The molecule has 1 aromatic rings. The highest BCUT2D eigenvalue weighted by Gasteiger charge is 2.02. The number of guanidine groups is 1. The van der Waals surface area contributed by atoms with Crippen molar-refractivity contribution in [2.45, 2.75) is 33.7 Å². The highest BCUT2D eigenvalue weighted by molar-refractivity contribution is 14.0. The van der Waals surface area contributed by atoms with Crippen LogP contribution < -0.4 is 10.6 Å². The first-order valence-electron chi connectivity index (χ1n) is 6.68. The quantitative estimate of drug-likeness (QED) is 0.471. The monoisotopic (exact) mass is 375 g/mol. The Balaban J connectivity index is 0.00000324. The summed E-state index contributed by atoms with van der Waals surface area (Å²) < 4.78 is 0. The lowest BCUT2D eigenvalue weighted by atomic mass is 10.1. The molecule has 0 unspecified atom stereocenters. The van der Waals surface area contributed by atoms with Gasteiger partial charge in [0.05, 0.1) is 0 Å². The van der Waals surface area contributed by atoms with Gasteiger partial charge in [0.15, 0.2) is 5.96 Å². The number of hydrogen-bond acceptors (Lipinski definition) is 1. The fourth-order valence-corrected chi connectivity index (χ4v) is 1.78. The molecule has 19 heavy (non-hydrogen) atoms. The van der Waals surface area contributed by atoms with E-state index in [4.69, 9.17) is 0 Å². The van der Waals surface area contributed by atoms with Gasteiger partial charge in [-0.2, -0.15) is 0 Å². The highest BCUT2D eigenvalue weighted by Crippen LogP contribution is 2.08. The minimum atomic E-state index is 0. The SMILES string of the molecule is CCc1ccccc1CNC(=NC)NCC(C)C.I. The molecule has 0 aliphatic rings. The maximum absolute atomic E-state index is 4.22. The summed E-state index contributed by atoms with van der Waals surface area (Å²) in [5.74, 6) is 1.49. The van der Waals surface area contributed by atoms with Crippen molar-refractivity contribution in [3.63, 3.8) is 0 Å². The summed E-state index contributed by atoms with van der Waals surface area (Å²) in [7, 11) is 1.81. The molecule has 0 fully saturated rings. The number of aryl methyl sites for hydroxylation is 1. The molecule has 0 saturated carbocycles. The first-order chi connectivity index (χ1) is 8.67. The molecule has 1 rings (SSSR count). The zero-order valence-corrected chi connectivity index (χ0v) is 14.7. The molecule has 0 spiro atoms. The average Bonchev–Trinajstić information content (AvgIpc) is 2.39. The Hall–Kier alpha value is -0.780. The predicted molar refractivity (Wildman–Crippen MR) is 94.3 cm³/mol. The molecule has 0 amide bonds. The van der Waals surface area contributed by atoms with Crippen LogP contribution >= 0.6 is 24.0 Å². The normalized spacial score (nSPS) is 11.1. The molecule has 0 saturated heterocycles. The van der Waals surface area contributed by atoms with Gasteiger partial charge in [0.1, 0.15) is 0 Å². The summed E-state index contributed by atoms with van der Waals surface area (Å²) in [5, 5.41) is 6.67. The first kappa shape index (κ1) is 18.2. The molecular formula is C15H26IN3. The minimum Gasteiger partial charge on any atom is -0.356 e. The Bertz CT molecular complexity index is 389. The predicted octanol–water partition coefficient (Wildman–Crippen LogP) is 3.19. The van der Waals surface area contributed by atoms with Gasteiger partial charge < -0.3 is 10.6 Å². The van der Waals surface area contributed by atoms with Gasteiger partial charge in [-0.05, 0) is 23.5 Å². The maximum Gasteiger partial charge on any atom is 0.191 e. The largest absolute Gasteiger partial charge is 0.356 e. The average molecular weight is 375 g/mol. The van der Waals surface area contributed by atoms with E-state index >= 15 is 0 Å². The van der Waals surface area contributed by atoms with Gasteiger partial charge in [-0.3, -0.25) is 4.99 Å². The van der Waals surface area contributed by atoms with Crippen LogP contribution in [0, 0.1) is 5.92 Å². The topological polar surface area (TPSA) is 36.4 Å². The van der Waals surface area contributed by atoms with Crippen molar-refractivity contribution in [2.75, 3.05) is 13.6 Å². The molecule has 2 N–H and O–H groups in total. The third-order valence-electron chi connectivity index (χ3n) is 2.85. The summed E-state index contributed by atoms with van der Waals surface area (Å²) in [6.07, 6.45) is 1.07. The maximum atomic E-state index is 4.22. The van der Waals surface area contributed by atoms with Crippen molar-refractivity contribution >= 4 is 29.9 Å². The Labute approximate surface area is 134 Å². The molecule has 0 radical (unpaired) electrons. The van der Waals surface area contributed by atoms with Crippen molar-refractivity contribution in [3.8, 4) is 0 Å². The summed E-state index contributed by atoms with van der Waals surface area (Å²) in [5.41, 5.74) is 2.73. The fraction of sp³-hybridized carbons (Fsp3) is 0.533. The molecule has 0 aliphatic heterocycles. The van der Waals surface area contributed by atoms with E-state index in [-0.39, 0.29) is 24.0 Å². The van der Waals surface area contributed by atoms with Crippen LogP contribution in [-0.4, -0.2) is 19.6 Å². The molecule has 108 valence electrons. The Morgan fingerprint density at radius 2 is 1.79 bits per heavy atom. The van der Waals surface area contributed by atoms with Crippen LogP contribution in [0.1, 0.15) is 31.9 Å². The Morgan fingerprint density at radius 1 is 1.16 bits per heavy atom. The van der Waals surface area contributed by atoms with Crippen LogP contribution in [0.15, 0.2) is 29.3 Å². The van der Waals surface area contributed by atoms with Crippen molar-refractivity contribution in [1.82, 2.24) is 10.6 Å². The summed E-state index contributed by atoms with van der Waals surface area (Å²) in [6.45, 7) is 8.32. The minimum absolute atomic E-state index is 0. The smallest absolute Gasteiger partial charge is 0.191 e. The molecule has 4 heteroatoms. The van der Waals surface area contributed by atoms with Gasteiger partial charge in [-0.1, -0.05) is 45.0 Å². The number of nitrogens with zero attached hydrogens (tertiary/aromatic N) is 1. The number of benzene rings is 1. The first-order valence-corrected chi connectivity index (χ1v) is 6.68. The van der Waals surface area contributed by atoms with E-state index < -0.39 is 0 Å². The van der Waals surface area contributed by atoms with Gasteiger partial charge in [-0.15, -0.1) is 24.0 Å². The lowest BCUT2D eigenvalue weighted by molar-refractivity contribution is 0.614. The van der Waals surface area contributed by atoms with E-state index in [0.29, 0.717) is 5.92 Å².